The molecule has 1 atom stereocenters. The minimum Gasteiger partial charge on any atom is -0.384 e. The van der Waals surface area contributed by atoms with Crippen LogP contribution in [-0.4, -0.2) is 50.7 Å². The van der Waals surface area contributed by atoms with Gasteiger partial charge in [0.15, 0.2) is 0 Å². The lowest BCUT2D eigenvalue weighted by Crippen LogP contribution is -2.38. The fraction of sp³-hybridized carbons (Fsp3) is 0.750. The lowest BCUT2D eigenvalue weighted by molar-refractivity contribution is -0.126. The SMILES string of the molecule is COCC1CCN(C(=O)C(C)=C2CNC2)C1. The molecule has 4 nitrogen and oxygen atoms in total. The van der Waals surface area contributed by atoms with Crippen LogP contribution >= 0.6 is 0 Å². The van der Waals surface area contributed by atoms with Crippen molar-refractivity contribution >= 4 is 5.91 Å². The highest BCUT2D eigenvalue weighted by Gasteiger charge is 2.28. The molecule has 2 aliphatic heterocycles. The molecule has 2 aliphatic rings. The van der Waals surface area contributed by atoms with Gasteiger partial charge in [-0.3, -0.25) is 4.79 Å². The van der Waals surface area contributed by atoms with E-state index in [1.165, 1.54) is 5.57 Å². The molecule has 1 N–H and O–H groups in total. The Morgan fingerprint density at radius 2 is 2.31 bits per heavy atom. The quantitative estimate of drug-likeness (QED) is 0.706. The first-order valence-electron chi connectivity index (χ1n) is 5.90. The lowest BCUT2D eigenvalue weighted by atomic mass is 10.0. The molecule has 0 saturated carbocycles. The summed E-state index contributed by atoms with van der Waals surface area (Å²) < 4.78 is 5.13. The van der Waals surface area contributed by atoms with Gasteiger partial charge in [0.2, 0.25) is 5.91 Å². The first-order chi connectivity index (χ1) is 7.72. The molecule has 0 aromatic heterocycles. The van der Waals surface area contributed by atoms with Gasteiger partial charge in [0, 0.05) is 44.8 Å². The monoisotopic (exact) mass is 224 g/mol. The third-order valence-electron chi connectivity index (χ3n) is 3.50. The molecule has 1 unspecified atom stereocenters. The van der Waals surface area contributed by atoms with Crippen LogP contribution in [0.2, 0.25) is 0 Å². The first kappa shape index (κ1) is 11.6. The number of ether oxygens (including phenoxy) is 1. The van der Waals surface area contributed by atoms with Gasteiger partial charge < -0.3 is 15.0 Å². The van der Waals surface area contributed by atoms with E-state index in [0.29, 0.717) is 5.92 Å². The van der Waals surface area contributed by atoms with Gasteiger partial charge in [-0.15, -0.1) is 0 Å². The van der Waals surface area contributed by atoms with Crippen LogP contribution in [-0.2, 0) is 9.53 Å². The Bertz CT molecular complexity index is 306. The van der Waals surface area contributed by atoms with E-state index >= 15 is 0 Å². The van der Waals surface area contributed by atoms with E-state index in [2.05, 4.69) is 5.32 Å². The molecule has 2 rings (SSSR count). The molecule has 0 aromatic carbocycles. The van der Waals surface area contributed by atoms with Crippen molar-refractivity contribution in [3.8, 4) is 0 Å². The smallest absolute Gasteiger partial charge is 0.249 e. The summed E-state index contributed by atoms with van der Waals surface area (Å²) in [7, 11) is 1.72. The number of hydrogen-bond acceptors (Lipinski definition) is 3. The van der Waals surface area contributed by atoms with Crippen LogP contribution in [0.1, 0.15) is 13.3 Å². The van der Waals surface area contributed by atoms with Crippen molar-refractivity contribution in [1.29, 1.82) is 0 Å². The average Bonchev–Trinajstić information content (AvgIpc) is 2.63. The molecule has 0 spiro atoms. The van der Waals surface area contributed by atoms with Crippen molar-refractivity contribution in [1.82, 2.24) is 10.2 Å². The van der Waals surface area contributed by atoms with E-state index in [4.69, 9.17) is 4.74 Å². The number of methoxy groups -OCH3 is 1. The van der Waals surface area contributed by atoms with Crippen LogP contribution in [0, 0.1) is 5.92 Å². The number of carbonyl (C=O) groups excluding carboxylic acids is 1. The first-order valence-corrected chi connectivity index (χ1v) is 5.90. The summed E-state index contributed by atoms with van der Waals surface area (Å²) in [5.41, 5.74) is 2.21. The lowest BCUT2D eigenvalue weighted by Gasteiger charge is -2.24. The summed E-state index contributed by atoms with van der Waals surface area (Å²) in [4.78, 5) is 14.1. The minimum atomic E-state index is 0.218. The molecule has 0 bridgehead atoms. The van der Waals surface area contributed by atoms with Gasteiger partial charge >= 0.3 is 0 Å². The molecule has 2 fully saturated rings. The Morgan fingerprint density at radius 1 is 1.56 bits per heavy atom. The molecule has 1 amide bonds. The zero-order valence-corrected chi connectivity index (χ0v) is 10.1. The van der Waals surface area contributed by atoms with Crippen molar-refractivity contribution in [3.05, 3.63) is 11.1 Å². The predicted molar refractivity (Wildman–Crippen MR) is 62.1 cm³/mol. The van der Waals surface area contributed by atoms with Gasteiger partial charge in [0.1, 0.15) is 0 Å². The maximum absolute atomic E-state index is 12.1. The van der Waals surface area contributed by atoms with Gasteiger partial charge in [-0.1, -0.05) is 0 Å². The number of amides is 1. The minimum absolute atomic E-state index is 0.218. The number of likely N-dealkylation sites (tertiary alicyclic amines) is 1. The Morgan fingerprint density at radius 3 is 2.88 bits per heavy atom. The van der Waals surface area contributed by atoms with Crippen LogP contribution in [0.3, 0.4) is 0 Å². The summed E-state index contributed by atoms with van der Waals surface area (Å²) in [6.07, 6.45) is 1.07. The van der Waals surface area contributed by atoms with Crippen molar-refractivity contribution in [2.24, 2.45) is 5.92 Å². The van der Waals surface area contributed by atoms with Crippen LogP contribution in [0.25, 0.3) is 0 Å². The maximum Gasteiger partial charge on any atom is 0.249 e. The van der Waals surface area contributed by atoms with E-state index in [9.17, 15) is 4.79 Å². The van der Waals surface area contributed by atoms with Crippen LogP contribution in [0.5, 0.6) is 0 Å². The van der Waals surface area contributed by atoms with Crippen molar-refractivity contribution in [3.63, 3.8) is 0 Å². The highest BCUT2D eigenvalue weighted by atomic mass is 16.5. The summed E-state index contributed by atoms with van der Waals surface area (Å²) in [5, 5.41) is 3.17. The zero-order chi connectivity index (χ0) is 11.5. The highest BCUT2D eigenvalue weighted by Crippen LogP contribution is 2.20. The Balaban J connectivity index is 1.91. The van der Waals surface area contributed by atoms with Crippen molar-refractivity contribution < 1.29 is 9.53 Å². The molecule has 2 saturated heterocycles. The van der Waals surface area contributed by atoms with E-state index < -0.39 is 0 Å². The summed E-state index contributed by atoms with van der Waals surface area (Å²) in [5.74, 6) is 0.737. The molecule has 0 radical (unpaired) electrons. The highest BCUT2D eigenvalue weighted by molar-refractivity contribution is 5.94. The molecule has 0 aliphatic carbocycles. The molecule has 2 heterocycles. The second-order valence-electron chi connectivity index (χ2n) is 4.69. The molecule has 0 aromatic rings. The fourth-order valence-corrected chi connectivity index (χ4v) is 2.29. The second kappa shape index (κ2) is 4.97. The standard InChI is InChI=1S/C12H20N2O2/c1-9(11-5-13-6-11)12(15)14-4-3-10(7-14)8-16-2/h10,13H,3-8H2,1-2H3. The van der Waals surface area contributed by atoms with E-state index in [1.807, 2.05) is 11.8 Å². The summed E-state index contributed by atoms with van der Waals surface area (Å²) in [6.45, 7) is 6.21. The predicted octanol–water partition coefficient (Wildman–Crippen LogP) is 0.401. The second-order valence-corrected chi connectivity index (χ2v) is 4.69. The van der Waals surface area contributed by atoms with Crippen molar-refractivity contribution in [2.75, 3.05) is 39.9 Å². The van der Waals surface area contributed by atoms with Crippen LogP contribution in [0.4, 0.5) is 0 Å². The largest absolute Gasteiger partial charge is 0.384 e. The Labute approximate surface area is 96.6 Å². The topological polar surface area (TPSA) is 41.6 Å². The third kappa shape index (κ3) is 2.28. The third-order valence-corrected chi connectivity index (χ3v) is 3.50. The molecule has 4 heteroatoms. The average molecular weight is 224 g/mol. The van der Waals surface area contributed by atoms with Crippen molar-refractivity contribution in [2.45, 2.75) is 13.3 Å². The molecular formula is C12H20N2O2. The number of rotatable bonds is 3. The van der Waals surface area contributed by atoms with Gasteiger partial charge in [0.05, 0.1) is 6.61 Å². The van der Waals surface area contributed by atoms with E-state index in [1.54, 1.807) is 7.11 Å². The number of carbonyl (C=O) groups is 1. The van der Waals surface area contributed by atoms with Gasteiger partial charge in [0.25, 0.3) is 0 Å². The Kier molecular flexibility index (Phi) is 3.61. The number of hydrogen-bond donors (Lipinski definition) is 1. The fourth-order valence-electron chi connectivity index (χ4n) is 2.29. The van der Waals surface area contributed by atoms with E-state index in [0.717, 1.165) is 44.8 Å². The summed E-state index contributed by atoms with van der Waals surface area (Å²) >= 11 is 0. The van der Waals surface area contributed by atoms with Gasteiger partial charge in [-0.05, 0) is 18.9 Å². The Hall–Kier alpha value is -0.870. The number of nitrogens with one attached hydrogen (secondary N) is 1. The number of nitrogens with zero attached hydrogens (tertiary/aromatic N) is 1. The van der Waals surface area contributed by atoms with Crippen LogP contribution < -0.4 is 5.32 Å². The van der Waals surface area contributed by atoms with Gasteiger partial charge in [-0.2, -0.15) is 0 Å². The maximum atomic E-state index is 12.1. The summed E-state index contributed by atoms with van der Waals surface area (Å²) in [6, 6.07) is 0. The zero-order valence-electron chi connectivity index (χ0n) is 10.1. The van der Waals surface area contributed by atoms with E-state index in [-0.39, 0.29) is 5.91 Å². The molecular weight excluding hydrogens is 204 g/mol. The normalized spacial score (nSPS) is 24.5. The van der Waals surface area contributed by atoms with Crippen LogP contribution in [0.15, 0.2) is 11.1 Å². The molecule has 90 valence electrons. The molecule has 16 heavy (non-hydrogen) atoms. The van der Waals surface area contributed by atoms with Gasteiger partial charge in [-0.25, -0.2) is 0 Å².